The van der Waals surface area contributed by atoms with Crippen molar-refractivity contribution in [3.8, 4) is 0 Å². The highest BCUT2D eigenvalue weighted by atomic mass is 16.1. The van der Waals surface area contributed by atoms with Gasteiger partial charge in [0.1, 0.15) is 0 Å². The van der Waals surface area contributed by atoms with Gasteiger partial charge in [-0.1, -0.05) is 20.3 Å². The monoisotopic (exact) mass is 224 g/mol. The van der Waals surface area contributed by atoms with Crippen LogP contribution >= 0.6 is 0 Å². The van der Waals surface area contributed by atoms with Crippen LogP contribution in [0, 0.1) is 11.8 Å². The molecule has 2 fully saturated rings. The number of carbonyl (C=O) groups excluding carboxylic acids is 1. The van der Waals surface area contributed by atoms with Crippen LogP contribution in [0.25, 0.3) is 0 Å². The molecule has 2 N–H and O–H groups in total. The van der Waals surface area contributed by atoms with Crippen molar-refractivity contribution in [1.82, 2.24) is 10.6 Å². The van der Waals surface area contributed by atoms with E-state index in [1.807, 2.05) is 0 Å². The predicted octanol–water partition coefficient (Wildman–Crippen LogP) is 1.68. The van der Waals surface area contributed by atoms with Crippen molar-refractivity contribution in [3.05, 3.63) is 0 Å². The lowest BCUT2D eigenvalue weighted by Gasteiger charge is -2.23. The van der Waals surface area contributed by atoms with Crippen LogP contribution in [0.2, 0.25) is 0 Å². The molecule has 2 saturated carbocycles. The Balaban J connectivity index is 1.64. The van der Waals surface area contributed by atoms with Crippen molar-refractivity contribution in [2.45, 2.75) is 58.0 Å². The largest absolute Gasteiger partial charge is 0.353 e. The summed E-state index contributed by atoms with van der Waals surface area (Å²) in [7, 11) is 0. The van der Waals surface area contributed by atoms with E-state index in [-0.39, 0.29) is 5.91 Å². The molecule has 2 rings (SSSR count). The van der Waals surface area contributed by atoms with Gasteiger partial charge in [-0.25, -0.2) is 0 Å². The first-order valence-electron chi connectivity index (χ1n) is 6.68. The third-order valence-electron chi connectivity index (χ3n) is 3.99. The van der Waals surface area contributed by atoms with Crippen LogP contribution in [-0.4, -0.2) is 24.5 Å². The molecule has 3 atom stereocenters. The van der Waals surface area contributed by atoms with Crippen molar-refractivity contribution in [3.63, 3.8) is 0 Å². The summed E-state index contributed by atoms with van der Waals surface area (Å²) in [4.78, 5) is 11.7. The van der Waals surface area contributed by atoms with E-state index < -0.39 is 0 Å². The third kappa shape index (κ3) is 2.97. The van der Waals surface area contributed by atoms with E-state index in [0.717, 1.165) is 18.4 Å². The lowest BCUT2D eigenvalue weighted by Crippen LogP contribution is -2.40. The molecule has 92 valence electrons. The molecule has 0 spiro atoms. The van der Waals surface area contributed by atoms with Crippen molar-refractivity contribution >= 4 is 5.91 Å². The Morgan fingerprint density at radius 3 is 2.69 bits per heavy atom. The zero-order valence-corrected chi connectivity index (χ0v) is 10.5. The van der Waals surface area contributed by atoms with Gasteiger partial charge in [-0.3, -0.25) is 4.79 Å². The van der Waals surface area contributed by atoms with Crippen LogP contribution in [0.15, 0.2) is 0 Å². The molecular formula is C13H24N2O. The van der Waals surface area contributed by atoms with Gasteiger partial charge in [-0.05, 0) is 31.1 Å². The highest BCUT2D eigenvalue weighted by Gasteiger charge is 2.39. The van der Waals surface area contributed by atoms with Crippen molar-refractivity contribution in [2.24, 2.45) is 11.8 Å². The van der Waals surface area contributed by atoms with Gasteiger partial charge in [0.2, 0.25) is 5.91 Å². The van der Waals surface area contributed by atoms with Gasteiger partial charge >= 0.3 is 0 Å². The molecular weight excluding hydrogens is 200 g/mol. The lowest BCUT2D eigenvalue weighted by atomic mass is 9.95. The van der Waals surface area contributed by atoms with Crippen LogP contribution in [0.3, 0.4) is 0 Å². The molecule has 3 nitrogen and oxygen atoms in total. The summed E-state index contributed by atoms with van der Waals surface area (Å²) in [5.41, 5.74) is 0. The van der Waals surface area contributed by atoms with Crippen LogP contribution in [-0.2, 0) is 4.79 Å². The van der Waals surface area contributed by atoms with E-state index in [1.165, 1.54) is 25.7 Å². The number of fused-ring (bicyclic) bond motifs is 2. The Kier molecular flexibility index (Phi) is 3.85. The number of carbonyl (C=O) groups is 1. The third-order valence-corrected chi connectivity index (χ3v) is 3.99. The molecule has 1 amide bonds. The van der Waals surface area contributed by atoms with Crippen LogP contribution in [0.4, 0.5) is 0 Å². The molecule has 2 aliphatic rings. The van der Waals surface area contributed by atoms with E-state index in [1.54, 1.807) is 0 Å². The lowest BCUT2D eigenvalue weighted by molar-refractivity contribution is -0.122. The molecule has 16 heavy (non-hydrogen) atoms. The molecule has 3 heteroatoms. The Labute approximate surface area is 98.4 Å². The first kappa shape index (κ1) is 11.9. The quantitative estimate of drug-likeness (QED) is 0.746. The molecule has 0 heterocycles. The molecule has 3 unspecified atom stereocenters. The first-order valence-corrected chi connectivity index (χ1v) is 6.68. The first-order chi connectivity index (χ1) is 7.65. The summed E-state index contributed by atoms with van der Waals surface area (Å²) < 4.78 is 0. The molecule has 2 bridgehead atoms. The second kappa shape index (κ2) is 5.17. The van der Waals surface area contributed by atoms with Gasteiger partial charge < -0.3 is 10.6 Å². The van der Waals surface area contributed by atoms with Crippen LogP contribution < -0.4 is 10.6 Å². The predicted molar refractivity (Wildman–Crippen MR) is 65.1 cm³/mol. The zero-order chi connectivity index (χ0) is 11.5. The highest BCUT2D eigenvalue weighted by molar-refractivity contribution is 5.76. The maximum Gasteiger partial charge on any atom is 0.221 e. The standard InChI is InChI=1S/C13H24N2O/c1-9(2)14-6-5-13(16)15-12-8-10-3-4-11(12)7-10/h9-12,14H,3-8H2,1-2H3,(H,15,16). The number of hydrogen-bond donors (Lipinski definition) is 2. The summed E-state index contributed by atoms with van der Waals surface area (Å²) in [5, 5.41) is 6.48. The van der Waals surface area contributed by atoms with Crippen molar-refractivity contribution in [2.75, 3.05) is 6.54 Å². The summed E-state index contributed by atoms with van der Waals surface area (Å²) in [6.45, 7) is 5.01. The topological polar surface area (TPSA) is 41.1 Å². The number of nitrogens with one attached hydrogen (secondary N) is 2. The second-order valence-corrected chi connectivity index (χ2v) is 5.71. The average molecular weight is 224 g/mol. The minimum absolute atomic E-state index is 0.228. The van der Waals surface area contributed by atoms with E-state index in [9.17, 15) is 4.79 Å². The van der Waals surface area contributed by atoms with E-state index >= 15 is 0 Å². The fourth-order valence-corrected chi connectivity index (χ4v) is 3.17. The van der Waals surface area contributed by atoms with Gasteiger partial charge in [-0.2, -0.15) is 0 Å². The smallest absolute Gasteiger partial charge is 0.221 e. The Hall–Kier alpha value is -0.570. The van der Waals surface area contributed by atoms with E-state index in [2.05, 4.69) is 24.5 Å². The Bertz CT molecular complexity index is 252. The molecule has 0 aromatic carbocycles. The van der Waals surface area contributed by atoms with E-state index in [4.69, 9.17) is 0 Å². The average Bonchev–Trinajstić information content (AvgIpc) is 2.78. The van der Waals surface area contributed by atoms with Gasteiger partial charge in [-0.15, -0.1) is 0 Å². The number of amides is 1. The molecule has 0 radical (unpaired) electrons. The molecule has 2 aliphatic carbocycles. The van der Waals surface area contributed by atoms with Crippen molar-refractivity contribution < 1.29 is 4.79 Å². The normalized spacial score (nSPS) is 32.3. The van der Waals surface area contributed by atoms with Gasteiger partial charge in [0.05, 0.1) is 0 Å². The minimum atomic E-state index is 0.228. The summed E-state index contributed by atoms with van der Waals surface area (Å²) >= 11 is 0. The van der Waals surface area contributed by atoms with Gasteiger partial charge in [0, 0.05) is 25.0 Å². The molecule has 0 aromatic rings. The van der Waals surface area contributed by atoms with Crippen molar-refractivity contribution in [1.29, 1.82) is 0 Å². The number of rotatable bonds is 5. The molecule has 0 aromatic heterocycles. The molecule has 0 saturated heterocycles. The fraction of sp³-hybridized carbons (Fsp3) is 0.923. The fourth-order valence-electron chi connectivity index (χ4n) is 3.17. The summed E-state index contributed by atoms with van der Waals surface area (Å²) in [6, 6.07) is 0.959. The second-order valence-electron chi connectivity index (χ2n) is 5.71. The highest BCUT2D eigenvalue weighted by Crippen LogP contribution is 2.44. The maximum absolute atomic E-state index is 11.7. The summed E-state index contributed by atoms with van der Waals surface area (Å²) in [5.74, 6) is 1.92. The van der Waals surface area contributed by atoms with Gasteiger partial charge in [0.15, 0.2) is 0 Å². The molecule has 0 aliphatic heterocycles. The Morgan fingerprint density at radius 1 is 1.31 bits per heavy atom. The minimum Gasteiger partial charge on any atom is -0.353 e. The van der Waals surface area contributed by atoms with Crippen LogP contribution in [0.1, 0.15) is 46.0 Å². The van der Waals surface area contributed by atoms with Gasteiger partial charge in [0.25, 0.3) is 0 Å². The SMILES string of the molecule is CC(C)NCCC(=O)NC1CC2CCC1C2. The van der Waals surface area contributed by atoms with Crippen LogP contribution in [0.5, 0.6) is 0 Å². The Morgan fingerprint density at radius 2 is 2.12 bits per heavy atom. The number of hydrogen-bond acceptors (Lipinski definition) is 2. The summed E-state index contributed by atoms with van der Waals surface area (Å²) in [6.07, 6.45) is 5.93. The van der Waals surface area contributed by atoms with E-state index in [0.29, 0.717) is 18.5 Å². The maximum atomic E-state index is 11.7. The zero-order valence-electron chi connectivity index (χ0n) is 10.5.